The van der Waals surface area contributed by atoms with Gasteiger partial charge in [0.2, 0.25) is 0 Å². The van der Waals surface area contributed by atoms with Gasteiger partial charge in [-0.1, -0.05) is 13.8 Å². The van der Waals surface area contributed by atoms with Gasteiger partial charge in [-0.25, -0.2) is 4.79 Å². The number of carboxylic acid groups (broad SMARTS) is 1. The van der Waals surface area contributed by atoms with Crippen LogP contribution in [0.25, 0.3) is 0 Å². The van der Waals surface area contributed by atoms with Gasteiger partial charge >= 0.3 is 12.0 Å². The molecule has 2 amide bonds. The molecule has 0 atom stereocenters. The molecule has 0 aromatic carbocycles. The summed E-state index contributed by atoms with van der Waals surface area (Å²) in [6.07, 6.45) is 5.14. The van der Waals surface area contributed by atoms with Gasteiger partial charge < -0.3 is 15.3 Å². The van der Waals surface area contributed by atoms with E-state index in [1.165, 1.54) is 0 Å². The number of aliphatic carboxylic acids is 1. The normalized spacial score (nSPS) is 26.4. The second-order valence-corrected chi connectivity index (χ2v) is 6.61. The van der Waals surface area contributed by atoms with Crippen molar-refractivity contribution < 1.29 is 14.7 Å². The topological polar surface area (TPSA) is 69.6 Å². The van der Waals surface area contributed by atoms with Gasteiger partial charge in [-0.2, -0.15) is 0 Å². The zero-order valence-corrected chi connectivity index (χ0v) is 12.5. The molecule has 2 rings (SSSR count). The molecule has 0 aromatic rings. The van der Waals surface area contributed by atoms with Gasteiger partial charge in [-0.15, -0.1) is 0 Å². The predicted molar refractivity (Wildman–Crippen MR) is 76.5 cm³/mol. The number of carboxylic acids is 1. The Morgan fingerprint density at radius 1 is 1.15 bits per heavy atom. The molecule has 0 aromatic heterocycles. The number of carbonyl (C=O) groups excluding carboxylic acids is 1. The molecule has 2 saturated carbocycles. The summed E-state index contributed by atoms with van der Waals surface area (Å²) in [5.74, 6) is -0.448. The van der Waals surface area contributed by atoms with Gasteiger partial charge in [-0.3, -0.25) is 4.79 Å². The van der Waals surface area contributed by atoms with Crippen LogP contribution < -0.4 is 5.32 Å². The molecular weight excluding hydrogens is 256 g/mol. The lowest BCUT2D eigenvalue weighted by atomic mass is 9.86. The summed E-state index contributed by atoms with van der Waals surface area (Å²) in [6, 6.07) is 0.610. The van der Waals surface area contributed by atoms with E-state index in [0.29, 0.717) is 24.8 Å². The monoisotopic (exact) mass is 282 g/mol. The lowest BCUT2D eigenvalue weighted by Crippen LogP contribution is -2.48. The van der Waals surface area contributed by atoms with Crippen LogP contribution in [0.1, 0.15) is 52.4 Å². The number of nitrogens with zero attached hydrogens (tertiary/aromatic N) is 1. The predicted octanol–water partition coefficient (Wildman–Crippen LogP) is 2.46. The Bertz CT molecular complexity index is 358. The average molecular weight is 282 g/mol. The fraction of sp³-hybridized carbons (Fsp3) is 0.867. The first-order valence-corrected chi connectivity index (χ1v) is 7.77. The van der Waals surface area contributed by atoms with Gasteiger partial charge in [0.05, 0.1) is 5.92 Å². The summed E-state index contributed by atoms with van der Waals surface area (Å²) in [5.41, 5.74) is 0. The number of rotatable bonds is 5. The molecular formula is C15H26N2O3. The van der Waals surface area contributed by atoms with E-state index in [1.54, 1.807) is 0 Å². The smallest absolute Gasteiger partial charge is 0.317 e. The highest BCUT2D eigenvalue weighted by molar-refractivity contribution is 5.75. The Hall–Kier alpha value is -1.26. The molecule has 2 fully saturated rings. The minimum Gasteiger partial charge on any atom is -0.481 e. The molecule has 0 heterocycles. The molecule has 20 heavy (non-hydrogen) atoms. The first kappa shape index (κ1) is 15.1. The Kier molecular flexibility index (Phi) is 4.89. The first-order valence-electron chi connectivity index (χ1n) is 7.77. The highest BCUT2D eigenvalue weighted by atomic mass is 16.4. The number of amides is 2. The van der Waals surface area contributed by atoms with Crippen LogP contribution in [0.2, 0.25) is 0 Å². The highest BCUT2D eigenvalue weighted by Crippen LogP contribution is 2.29. The van der Waals surface area contributed by atoms with Crippen LogP contribution in [-0.2, 0) is 4.79 Å². The zero-order valence-electron chi connectivity index (χ0n) is 12.5. The molecule has 5 nitrogen and oxygen atoms in total. The largest absolute Gasteiger partial charge is 0.481 e. The molecule has 2 aliphatic rings. The van der Waals surface area contributed by atoms with Crippen LogP contribution in [-0.4, -0.2) is 40.6 Å². The fourth-order valence-corrected chi connectivity index (χ4v) is 2.92. The van der Waals surface area contributed by atoms with Crippen molar-refractivity contribution in [3.8, 4) is 0 Å². The second kappa shape index (κ2) is 6.46. The lowest BCUT2D eigenvalue weighted by molar-refractivity contribution is -0.142. The van der Waals surface area contributed by atoms with E-state index in [0.717, 1.165) is 32.2 Å². The van der Waals surface area contributed by atoms with Gasteiger partial charge in [0, 0.05) is 18.6 Å². The summed E-state index contributed by atoms with van der Waals surface area (Å²) >= 11 is 0. The molecule has 0 aliphatic heterocycles. The Labute approximate surface area is 120 Å². The van der Waals surface area contributed by atoms with Crippen LogP contribution >= 0.6 is 0 Å². The molecule has 0 saturated heterocycles. The van der Waals surface area contributed by atoms with Crippen LogP contribution in [0.5, 0.6) is 0 Å². The summed E-state index contributed by atoms with van der Waals surface area (Å²) in [4.78, 5) is 25.2. The molecule has 2 aliphatic carbocycles. The van der Waals surface area contributed by atoms with Crippen molar-refractivity contribution >= 4 is 12.0 Å². The van der Waals surface area contributed by atoms with Crippen molar-refractivity contribution in [2.75, 3.05) is 6.54 Å². The van der Waals surface area contributed by atoms with Crippen molar-refractivity contribution in [1.29, 1.82) is 0 Å². The standard InChI is InChI=1S/C15H26N2O3/c1-10(2)9-17(13-7-8-13)15(20)16-12-5-3-11(4-6-12)14(18)19/h10-13H,3-9H2,1-2H3,(H,16,20)(H,18,19). The van der Waals surface area contributed by atoms with Gasteiger partial charge in [-0.05, 0) is 44.4 Å². The third-order valence-electron chi connectivity index (χ3n) is 4.21. The van der Waals surface area contributed by atoms with Crippen molar-refractivity contribution in [1.82, 2.24) is 10.2 Å². The first-order chi connectivity index (χ1) is 9.47. The maximum atomic E-state index is 12.3. The molecule has 0 radical (unpaired) electrons. The summed E-state index contributed by atoms with van der Waals surface area (Å²) < 4.78 is 0. The van der Waals surface area contributed by atoms with Crippen molar-refractivity contribution in [3.63, 3.8) is 0 Å². The van der Waals surface area contributed by atoms with E-state index in [9.17, 15) is 9.59 Å². The molecule has 0 bridgehead atoms. The van der Waals surface area contributed by atoms with E-state index in [-0.39, 0.29) is 18.0 Å². The Morgan fingerprint density at radius 3 is 2.20 bits per heavy atom. The summed E-state index contributed by atoms with van der Waals surface area (Å²) in [5, 5.41) is 12.1. The summed E-state index contributed by atoms with van der Waals surface area (Å²) in [7, 11) is 0. The van der Waals surface area contributed by atoms with Crippen LogP contribution in [0, 0.1) is 11.8 Å². The van der Waals surface area contributed by atoms with Crippen molar-refractivity contribution in [2.24, 2.45) is 11.8 Å². The van der Waals surface area contributed by atoms with Gasteiger partial charge in [0.15, 0.2) is 0 Å². The Morgan fingerprint density at radius 2 is 1.75 bits per heavy atom. The van der Waals surface area contributed by atoms with Crippen molar-refractivity contribution in [3.05, 3.63) is 0 Å². The van der Waals surface area contributed by atoms with Crippen LogP contribution in [0.15, 0.2) is 0 Å². The van der Waals surface area contributed by atoms with E-state index >= 15 is 0 Å². The third kappa shape index (κ3) is 4.12. The van der Waals surface area contributed by atoms with E-state index in [4.69, 9.17) is 5.11 Å². The SMILES string of the molecule is CC(C)CN(C(=O)NC1CCC(C(=O)O)CC1)C1CC1. The number of nitrogens with one attached hydrogen (secondary N) is 1. The number of hydrogen-bond acceptors (Lipinski definition) is 2. The number of urea groups is 1. The minimum atomic E-state index is -0.700. The van der Waals surface area contributed by atoms with Gasteiger partial charge in [0.25, 0.3) is 0 Å². The zero-order chi connectivity index (χ0) is 14.7. The maximum absolute atomic E-state index is 12.3. The second-order valence-electron chi connectivity index (χ2n) is 6.61. The van der Waals surface area contributed by atoms with E-state index in [2.05, 4.69) is 19.2 Å². The van der Waals surface area contributed by atoms with Gasteiger partial charge in [0.1, 0.15) is 0 Å². The van der Waals surface area contributed by atoms with Crippen LogP contribution in [0.4, 0.5) is 4.79 Å². The third-order valence-corrected chi connectivity index (χ3v) is 4.21. The maximum Gasteiger partial charge on any atom is 0.317 e. The van der Waals surface area contributed by atoms with E-state index in [1.807, 2.05) is 4.90 Å². The quantitative estimate of drug-likeness (QED) is 0.813. The minimum absolute atomic E-state index is 0.0416. The average Bonchev–Trinajstić information content (AvgIpc) is 3.20. The molecule has 0 unspecified atom stereocenters. The van der Waals surface area contributed by atoms with Crippen molar-refractivity contribution in [2.45, 2.75) is 64.5 Å². The fourth-order valence-electron chi connectivity index (χ4n) is 2.92. The number of carbonyl (C=O) groups is 2. The molecule has 0 spiro atoms. The highest BCUT2D eigenvalue weighted by Gasteiger charge is 2.34. The lowest BCUT2D eigenvalue weighted by Gasteiger charge is -2.31. The van der Waals surface area contributed by atoms with Crippen LogP contribution in [0.3, 0.4) is 0 Å². The summed E-state index contributed by atoms with van der Waals surface area (Å²) in [6.45, 7) is 5.06. The molecule has 5 heteroatoms. The number of hydrogen-bond donors (Lipinski definition) is 2. The Balaban J connectivity index is 1.80. The van der Waals surface area contributed by atoms with E-state index < -0.39 is 5.97 Å². The molecule has 2 N–H and O–H groups in total. The molecule has 114 valence electrons.